The molecule has 2 fully saturated rings. The van der Waals surface area contributed by atoms with E-state index in [-0.39, 0.29) is 25.1 Å². The van der Waals surface area contributed by atoms with Crippen molar-refractivity contribution < 1.29 is 29.0 Å². The van der Waals surface area contributed by atoms with Gasteiger partial charge in [0.25, 0.3) is 0 Å². The Morgan fingerprint density at radius 1 is 1.29 bits per heavy atom. The molecule has 8 heteroatoms. The average Bonchev–Trinajstić information content (AvgIpc) is 2.88. The molecule has 2 rings (SSSR count). The van der Waals surface area contributed by atoms with Gasteiger partial charge in [0.2, 0.25) is 0 Å². The van der Waals surface area contributed by atoms with E-state index in [4.69, 9.17) is 9.84 Å². The molecular formula is C13H20N2O6. The number of rotatable bonds is 2. The van der Waals surface area contributed by atoms with E-state index < -0.39 is 23.9 Å². The summed E-state index contributed by atoms with van der Waals surface area (Å²) >= 11 is 0. The van der Waals surface area contributed by atoms with Gasteiger partial charge in [0, 0.05) is 19.6 Å². The third-order valence-electron chi connectivity index (χ3n) is 4.05. The number of urea groups is 1. The van der Waals surface area contributed by atoms with Crippen LogP contribution in [0.25, 0.3) is 0 Å². The number of carboxylic acids is 1. The fourth-order valence-electron chi connectivity index (χ4n) is 2.79. The summed E-state index contributed by atoms with van der Waals surface area (Å²) in [4.78, 5) is 38.3. The van der Waals surface area contributed by atoms with Gasteiger partial charge in [-0.1, -0.05) is 6.92 Å². The summed E-state index contributed by atoms with van der Waals surface area (Å²) in [6.45, 7) is 3.10. The predicted octanol–water partition coefficient (Wildman–Crippen LogP) is -0.367. The lowest BCUT2D eigenvalue weighted by Crippen LogP contribution is -2.56. The number of nitrogens with zero attached hydrogens (tertiary/aromatic N) is 2. The molecule has 118 valence electrons. The molecule has 8 nitrogen and oxygen atoms in total. The van der Waals surface area contributed by atoms with Crippen molar-refractivity contribution in [1.82, 2.24) is 9.80 Å². The zero-order valence-electron chi connectivity index (χ0n) is 12.2. The maximum Gasteiger partial charge on any atom is 0.331 e. The average molecular weight is 300 g/mol. The third kappa shape index (κ3) is 3.10. The first-order chi connectivity index (χ1) is 9.95. The number of amides is 2. The molecule has 2 heterocycles. The van der Waals surface area contributed by atoms with Gasteiger partial charge in [-0.05, 0) is 5.92 Å². The van der Waals surface area contributed by atoms with Crippen LogP contribution in [-0.2, 0) is 19.1 Å². The van der Waals surface area contributed by atoms with Crippen molar-refractivity contribution in [3.63, 3.8) is 0 Å². The van der Waals surface area contributed by atoms with Crippen molar-refractivity contribution >= 4 is 18.0 Å². The molecule has 1 unspecified atom stereocenters. The maximum atomic E-state index is 12.5. The molecule has 0 spiro atoms. The molecule has 0 radical (unpaired) electrons. The van der Waals surface area contributed by atoms with E-state index >= 15 is 0 Å². The van der Waals surface area contributed by atoms with Crippen LogP contribution in [0.3, 0.4) is 0 Å². The Morgan fingerprint density at radius 3 is 2.57 bits per heavy atom. The lowest BCUT2D eigenvalue weighted by Gasteiger charge is -2.36. The summed E-state index contributed by atoms with van der Waals surface area (Å²) in [5, 5.41) is 9.13. The van der Waals surface area contributed by atoms with Crippen LogP contribution in [-0.4, -0.2) is 78.9 Å². The van der Waals surface area contributed by atoms with Crippen LogP contribution in [0.1, 0.15) is 6.92 Å². The summed E-state index contributed by atoms with van der Waals surface area (Å²) < 4.78 is 9.91. The zero-order valence-corrected chi connectivity index (χ0v) is 12.2. The van der Waals surface area contributed by atoms with E-state index in [1.807, 2.05) is 6.92 Å². The maximum absolute atomic E-state index is 12.5. The second-order valence-corrected chi connectivity index (χ2v) is 5.42. The first kappa shape index (κ1) is 15.6. The molecule has 1 N–H and O–H groups in total. The summed E-state index contributed by atoms with van der Waals surface area (Å²) in [5.74, 6) is -2.09. The highest BCUT2D eigenvalue weighted by atomic mass is 16.5. The normalized spacial score (nSPS) is 29.3. The Balaban J connectivity index is 2.08. The fourth-order valence-corrected chi connectivity index (χ4v) is 2.79. The van der Waals surface area contributed by atoms with E-state index in [0.717, 1.165) is 0 Å². The lowest BCUT2D eigenvalue weighted by molar-refractivity contribution is -0.151. The van der Waals surface area contributed by atoms with E-state index in [1.54, 1.807) is 0 Å². The number of hydrogen-bond acceptors (Lipinski definition) is 5. The van der Waals surface area contributed by atoms with Crippen molar-refractivity contribution in [2.24, 2.45) is 11.8 Å². The van der Waals surface area contributed by atoms with Gasteiger partial charge in [0.1, 0.15) is 0 Å². The number of morpholine rings is 1. The summed E-state index contributed by atoms with van der Waals surface area (Å²) in [7, 11) is 1.26. The van der Waals surface area contributed by atoms with Crippen LogP contribution in [0.5, 0.6) is 0 Å². The highest BCUT2D eigenvalue weighted by Crippen LogP contribution is 2.25. The van der Waals surface area contributed by atoms with Crippen molar-refractivity contribution in [2.45, 2.75) is 13.0 Å². The Labute approximate surface area is 122 Å². The van der Waals surface area contributed by atoms with E-state index in [0.29, 0.717) is 19.7 Å². The molecule has 3 atom stereocenters. The van der Waals surface area contributed by atoms with Gasteiger partial charge in [-0.25, -0.2) is 9.59 Å². The minimum absolute atomic E-state index is 0.101. The largest absolute Gasteiger partial charge is 0.481 e. The third-order valence-corrected chi connectivity index (χ3v) is 4.05. The Bertz CT molecular complexity index is 440. The van der Waals surface area contributed by atoms with Crippen molar-refractivity contribution in [3.05, 3.63) is 0 Å². The van der Waals surface area contributed by atoms with Gasteiger partial charge in [0.05, 0.1) is 26.2 Å². The molecule has 2 aliphatic rings. The molecule has 2 aliphatic heterocycles. The van der Waals surface area contributed by atoms with Crippen LogP contribution in [0.15, 0.2) is 0 Å². The summed E-state index contributed by atoms with van der Waals surface area (Å²) in [6, 6.07) is -1.10. The molecule has 2 amide bonds. The van der Waals surface area contributed by atoms with Gasteiger partial charge in [-0.3, -0.25) is 4.79 Å². The monoisotopic (exact) mass is 300 g/mol. The SMILES string of the molecule is COC(=O)C1COCCN1C(=O)N1C[C@@H](C)[C@H](C(=O)O)C1. The molecule has 21 heavy (non-hydrogen) atoms. The van der Waals surface area contributed by atoms with E-state index in [1.165, 1.54) is 16.9 Å². The molecule has 0 bridgehead atoms. The number of aliphatic carboxylic acids is 1. The topological polar surface area (TPSA) is 96.4 Å². The number of esters is 1. The Hall–Kier alpha value is -1.83. The molecule has 0 aliphatic carbocycles. The Morgan fingerprint density at radius 2 is 2.00 bits per heavy atom. The predicted molar refractivity (Wildman–Crippen MR) is 70.6 cm³/mol. The first-order valence-corrected chi connectivity index (χ1v) is 6.89. The highest BCUT2D eigenvalue weighted by Gasteiger charge is 2.42. The minimum atomic E-state index is -0.899. The molecular weight excluding hydrogens is 280 g/mol. The number of hydrogen-bond donors (Lipinski definition) is 1. The second kappa shape index (κ2) is 6.30. The van der Waals surface area contributed by atoms with Crippen LogP contribution in [0, 0.1) is 11.8 Å². The van der Waals surface area contributed by atoms with Gasteiger partial charge >= 0.3 is 18.0 Å². The Kier molecular flexibility index (Phi) is 4.66. The van der Waals surface area contributed by atoms with Crippen LogP contribution in [0.4, 0.5) is 4.79 Å². The quantitative estimate of drug-likeness (QED) is 0.699. The van der Waals surface area contributed by atoms with Crippen molar-refractivity contribution in [2.75, 3.05) is 40.0 Å². The van der Waals surface area contributed by atoms with Crippen molar-refractivity contribution in [3.8, 4) is 0 Å². The number of carboxylic acid groups (broad SMARTS) is 1. The van der Waals surface area contributed by atoms with Gasteiger partial charge < -0.3 is 24.4 Å². The molecule has 0 aromatic heterocycles. The smallest absolute Gasteiger partial charge is 0.331 e. The summed E-state index contributed by atoms with van der Waals surface area (Å²) in [6.07, 6.45) is 0. The van der Waals surface area contributed by atoms with E-state index in [2.05, 4.69) is 4.74 Å². The van der Waals surface area contributed by atoms with E-state index in [9.17, 15) is 14.4 Å². The molecule has 0 saturated carbocycles. The molecule has 0 aromatic rings. The first-order valence-electron chi connectivity index (χ1n) is 6.89. The number of methoxy groups -OCH3 is 1. The number of ether oxygens (including phenoxy) is 2. The zero-order chi connectivity index (χ0) is 15.6. The van der Waals surface area contributed by atoms with Gasteiger partial charge in [-0.15, -0.1) is 0 Å². The standard InChI is InChI=1S/C13H20N2O6/c1-8-5-14(6-9(8)11(16)17)13(19)15-3-4-21-7-10(15)12(18)20-2/h8-10H,3-7H2,1-2H3,(H,16,17)/t8-,9-,10?/m1/s1. The lowest BCUT2D eigenvalue weighted by atomic mass is 9.99. The number of likely N-dealkylation sites (tertiary alicyclic amines) is 1. The van der Waals surface area contributed by atoms with Crippen LogP contribution in [0.2, 0.25) is 0 Å². The fraction of sp³-hybridized carbons (Fsp3) is 0.769. The number of carbonyl (C=O) groups excluding carboxylic acids is 2. The molecule has 2 saturated heterocycles. The molecule has 0 aromatic carbocycles. The van der Waals surface area contributed by atoms with Gasteiger partial charge in [0.15, 0.2) is 6.04 Å². The summed E-state index contributed by atoms with van der Waals surface area (Å²) in [5.41, 5.74) is 0. The minimum Gasteiger partial charge on any atom is -0.481 e. The second-order valence-electron chi connectivity index (χ2n) is 5.42. The van der Waals surface area contributed by atoms with Crippen LogP contribution >= 0.6 is 0 Å². The van der Waals surface area contributed by atoms with Gasteiger partial charge in [-0.2, -0.15) is 0 Å². The highest BCUT2D eigenvalue weighted by molar-refractivity contribution is 5.84. The van der Waals surface area contributed by atoms with Crippen LogP contribution < -0.4 is 0 Å². The number of carbonyl (C=O) groups is 3. The van der Waals surface area contributed by atoms with Crippen molar-refractivity contribution in [1.29, 1.82) is 0 Å².